The first-order chi connectivity index (χ1) is 17.2. The summed E-state index contributed by atoms with van der Waals surface area (Å²) < 4.78 is 55.9. The summed E-state index contributed by atoms with van der Waals surface area (Å²) in [7, 11) is 1.64. The summed E-state index contributed by atoms with van der Waals surface area (Å²) in [6, 6.07) is 7.34. The number of nitrogens with zero attached hydrogens (tertiary/aromatic N) is 5. The van der Waals surface area contributed by atoms with Gasteiger partial charge in [-0.3, -0.25) is 19.4 Å². The van der Waals surface area contributed by atoms with Gasteiger partial charge in [-0.25, -0.2) is 4.39 Å². The van der Waals surface area contributed by atoms with E-state index in [1.165, 1.54) is 4.68 Å². The quantitative estimate of drug-likeness (QED) is 0.346. The highest BCUT2D eigenvalue weighted by molar-refractivity contribution is 5.98. The van der Waals surface area contributed by atoms with Crippen molar-refractivity contribution in [2.45, 2.75) is 43.9 Å². The Balaban J connectivity index is 1.42. The predicted molar refractivity (Wildman–Crippen MR) is 123 cm³/mol. The average Bonchev–Trinajstić information content (AvgIpc) is 3.17. The van der Waals surface area contributed by atoms with Crippen LogP contribution in [-0.4, -0.2) is 36.6 Å². The summed E-state index contributed by atoms with van der Waals surface area (Å²) >= 11 is 0. The highest BCUT2D eigenvalue weighted by atomic mass is 19.4. The summed E-state index contributed by atoms with van der Waals surface area (Å²) in [6.07, 6.45) is 1.30. The molecule has 2 aromatic carbocycles. The Hall–Kier alpha value is -3.82. The molecule has 1 saturated heterocycles. The van der Waals surface area contributed by atoms with E-state index in [0.717, 1.165) is 30.5 Å². The van der Waals surface area contributed by atoms with Gasteiger partial charge < -0.3 is 4.90 Å². The van der Waals surface area contributed by atoms with Gasteiger partial charge in [-0.1, -0.05) is 0 Å². The SMILES string of the molecule is Cn1nc2c(c1-c1cc(F)cc(C(F)(F)F)c1)C[C@@H]1CCC[C@H]2N1C(=O)c1ccc2nccnc2c1. The van der Waals surface area contributed by atoms with E-state index in [9.17, 15) is 22.4 Å². The molecule has 2 aliphatic rings. The van der Waals surface area contributed by atoms with Crippen molar-refractivity contribution in [3.8, 4) is 11.3 Å². The zero-order valence-electron chi connectivity index (χ0n) is 19.3. The van der Waals surface area contributed by atoms with Crippen molar-refractivity contribution >= 4 is 16.9 Å². The first-order valence-corrected chi connectivity index (χ1v) is 11.7. The van der Waals surface area contributed by atoms with E-state index in [0.29, 0.717) is 46.9 Å². The zero-order valence-corrected chi connectivity index (χ0v) is 19.3. The van der Waals surface area contributed by atoms with Crippen LogP contribution in [-0.2, 0) is 19.6 Å². The normalized spacial score (nSPS) is 19.4. The summed E-state index contributed by atoms with van der Waals surface area (Å²) in [5.41, 5.74) is 2.80. The smallest absolute Gasteiger partial charge is 0.327 e. The van der Waals surface area contributed by atoms with Crippen LogP contribution in [0.5, 0.6) is 0 Å². The van der Waals surface area contributed by atoms with E-state index in [4.69, 9.17) is 0 Å². The fourth-order valence-corrected chi connectivity index (χ4v) is 5.65. The van der Waals surface area contributed by atoms with Gasteiger partial charge in [-0.15, -0.1) is 0 Å². The van der Waals surface area contributed by atoms with Gasteiger partial charge >= 0.3 is 6.18 Å². The lowest BCUT2D eigenvalue weighted by molar-refractivity contribution is -0.137. The predicted octanol–water partition coefficient (Wildman–Crippen LogP) is 5.48. The molecule has 0 aliphatic carbocycles. The van der Waals surface area contributed by atoms with Gasteiger partial charge in [-0.2, -0.15) is 18.3 Å². The van der Waals surface area contributed by atoms with Gasteiger partial charge in [0.15, 0.2) is 0 Å². The standard InChI is InChI=1S/C26H21F4N5O/c1-34-24(15-9-16(26(28,29)30)12-17(27)10-15)19-13-18-3-2-4-22(23(19)33-34)35(18)25(36)14-5-6-20-21(11-14)32-8-7-31-20/h5-12,18,22H,2-4,13H2,1H3/t18-,22+/m0/s1. The molecule has 2 atom stereocenters. The van der Waals surface area contributed by atoms with E-state index in [2.05, 4.69) is 15.1 Å². The number of carbonyl (C=O) groups is 1. The van der Waals surface area contributed by atoms with Crippen LogP contribution < -0.4 is 0 Å². The lowest BCUT2D eigenvalue weighted by Gasteiger charge is -2.45. The fraction of sp³-hybridized carbons (Fsp3) is 0.308. The number of fused-ring (bicyclic) bond motifs is 5. The van der Waals surface area contributed by atoms with Crippen molar-refractivity contribution in [1.82, 2.24) is 24.6 Å². The van der Waals surface area contributed by atoms with Crippen LogP contribution in [0.1, 0.15) is 52.5 Å². The molecule has 10 heteroatoms. The van der Waals surface area contributed by atoms with Crippen LogP contribution in [0.4, 0.5) is 17.6 Å². The van der Waals surface area contributed by atoms with E-state index >= 15 is 0 Å². The van der Waals surface area contributed by atoms with E-state index in [1.807, 2.05) is 4.90 Å². The maximum atomic E-state index is 14.2. The Bertz CT molecular complexity index is 1510. The van der Waals surface area contributed by atoms with Gasteiger partial charge in [0.05, 0.1) is 34.0 Å². The molecule has 0 radical (unpaired) electrons. The van der Waals surface area contributed by atoms with Gasteiger partial charge in [0.25, 0.3) is 5.91 Å². The highest BCUT2D eigenvalue weighted by Gasteiger charge is 2.44. The van der Waals surface area contributed by atoms with Crippen LogP contribution in [0.15, 0.2) is 48.8 Å². The van der Waals surface area contributed by atoms with Crippen LogP contribution in [0.2, 0.25) is 0 Å². The molecule has 4 heterocycles. The fourth-order valence-electron chi connectivity index (χ4n) is 5.65. The first kappa shape index (κ1) is 22.6. The molecule has 36 heavy (non-hydrogen) atoms. The molecule has 0 saturated carbocycles. The molecular weight excluding hydrogens is 474 g/mol. The largest absolute Gasteiger partial charge is 0.416 e. The molecule has 2 bridgehead atoms. The van der Waals surface area contributed by atoms with Crippen LogP contribution in [0.25, 0.3) is 22.3 Å². The molecule has 1 amide bonds. The Kier molecular flexibility index (Phi) is 5.10. The summed E-state index contributed by atoms with van der Waals surface area (Å²) in [4.78, 5) is 24.1. The minimum Gasteiger partial charge on any atom is -0.327 e. The van der Waals surface area contributed by atoms with Gasteiger partial charge in [-0.05, 0) is 62.1 Å². The number of benzene rings is 2. The number of amides is 1. The Morgan fingerprint density at radius 3 is 2.58 bits per heavy atom. The average molecular weight is 495 g/mol. The molecule has 0 spiro atoms. The molecule has 6 nitrogen and oxygen atoms in total. The van der Waals surface area contributed by atoms with Gasteiger partial charge in [0.1, 0.15) is 5.82 Å². The minimum absolute atomic E-state index is 0.129. The van der Waals surface area contributed by atoms with Crippen LogP contribution >= 0.6 is 0 Å². The van der Waals surface area contributed by atoms with E-state index in [-0.39, 0.29) is 23.6 Å². The van der Waals surface area contributed by atoms with Crippen LogP contribution in [0, 0.1) is 5.82 Å². The minimum atomic E-state index is -4.67. The number of piperidine rings is 1. The number of halogens is 4. The third-order valence-electron chi connectivity index (χ3n) is 7.13. The van der Waals surface area contributed by atoms with E-state index < -0.39 is 17.6 Å². The number of hydrogen-bond donors (Lipinski definition) is 0. The summed E-state index contributed by atoms with van der Waals surface area (Å²) in [5, 5.41) is 4.64. The van der Waals surface area contributed by atoms with E-state index in [1.54, 1.807) is 37.6 Å². The van der Waals surface area contributed by atoms with Crippen molar-refractivity contribution in [3.63, 3.8) is 0 Å². The van der Waals surface area contributed by atoms with Crippen molar-refractivity contribution in [3.05, 3.63) is 77.0 Å². The monoisotopic (exact) mass is 495 g/mol. The Morgan fingerprint density at radius 2 is 1.81 bits per heavy atom. The van der Waals surface area contributed by atoms with Crippen molar-refractivity contribution in [2.24, 2.45) is 7.05 Å². The van der Waals surface area contributed by atoms with Crippen LogP contribution in [0.3, 0.4) is 0 Å². The van der Waals surface area contributed by atoms with Gasteiger partial charge in [0, 0.05) is 42.2 Å². The zero-order chi connectivity index (χ0) is 25.2. The lowest BCUT2D eigenvalue weighted by Crippen LogP contribution is -2.49. The summed E-state index contributed by atoms with van der Waals surface area (Å²) in [6.45, 7) is 0. The third kappa shape index (κ3) is 3.63. The second-order valence-electron chi connectivity index (χ2n) is 9.34. The maximum absolute atomic E-state index is 14.2. The Morgan fingerprint density at radius 1 is 1.03 bits per heavy atom. The van der Waals surface area contributed by atoms with Crippen molar-refractivity contribution < 1.29 is 22.4 Å². The molecule has 2 aliphatic heterocycles. The topological polar surface area (TPSA) is 63.9 Å². The molecule has 184 valence electrons. The Labute approximate surface area is 203 Å². The number of alkyl halides is 3. The molecule has 2 aromatic heterocycles. The first-order valence-electron chi connectivity index (χ1n) is 11.7. The highest BCUT2D eigenvalue weighted by Crippen LogP contribution is 2.45. The number of aryl methyl sites for hydroxylation is 1. The molecule has 6 rings (SSSR count). The molecule has 1 fully saturated rings. The van der Waals surface area contributed by atoms with Gasteiger partial charge in [0.2, 0.25) is 0 Å². The number of carbonyl (C=O) groups excluding carboxylic acids is 1. The van der Waals surface area contributed by atoms with Crippen molar-refractivity contribution in [1.29, 1.82) is 0 Å². The second-order valence-corrected chi connectivity index (χ2v) is 9.34. The molecule has 0 unspecified atom stereocenters. The number of rotatable bonds is 2. The molecule has 4 aromatic rings. The molecule has 0 N–H and O–H groups in total. The lowest BCUT2D eigenvalue weighted by atomic mass is 9.81. The molecular formula is C26H21F4N5O. The third-order valence-corrected chi connectivity index (χ3v) is 7.13. The van der Waals surface area contributed by atoms with Crippen molar-refractivity contribution in [2.75, 3.05) is 0 Å². The second kappa shape index (κ2) is 8.11. The number of hydrogen-bond acceptors (Lipinski definition) is 4. The summed E-state index contributed by atoms with van der Waals surface area (Å²) in [5.74, 6) is -1.10. The number of aromatic nitrogens is 4. The maximum Gasteiger partial charge on any atom is 0.416 e.